The average Bonchev–Trinajstić information content (AvgIpc) is 2.83. The topological polar surface area (TPSA) is 47.7 Å². The van der Waals surface area contributed by atoms with E-state index in [0.29, 0.717) is 0 Å². The van der Waals surface area contributed by atoms with Gasteiger partial charge in [-0.1, -0.05) is 6.92 Å². The number of hydrogen-bond donors (Lipinski definition) is 1. The van der Waals surface area contributed by atoms with Gasteiger partial charge >= 0.3 is 0 Å². The number of aryl methyl sites for hydroxylation is 3. The van der Waals surface area contributed by atoms with Crippen molar-refractivity contribution in [1.29, 1.82) is 0 Å². The summed E-state index contributed by atoms with van der Waals surface area (Å²) >= 11 is 0. The van der Waals surface area contributed by atoms with E-state index in [1.807, 2.05) is 29.7 Å². The average molecular weight is 247 g/mol. The van der Waals surface area contributed by atoms with Crippen molar-refractivity contribution in [3.63, 3.8) is 0 Å². The largest absolute Gasteiger partial charge is 0.305 e. The van der Waals surface area contributed by atoms with Crippen molar-refractivity contribution in [2.75, 3.05) is 6.54 Å². The summed E-state index contributed by atoms with van der Waals surface area (Å²) < 4.78 is 3.76. The Labute approximate surface area is 108 Å². The minimum atomic E-state index is 0.116. The van der Waals surface area contributed by atoms with Crippen LogP contribution in [0.1, 0.15) is 35.6 Å². The van der Waals surface area contributed by atoms with Gasteiger partial charge in [0.2, 0.25) is 0 Å². The highest BCUT2D eigenvalue weighted by molar-refractivity contribution is 5.34. The zero-order valence-electron chi connectivity index (χ0n) is 11.7. The van der Waals surface area contributed by atoms with Gasteiger partial charge in [0.25, 0.3) is 0 Å². The van der Waals surface area contributed by atoms with E-state index in [9.17, 15) is 0 Å². The maximum Gasteiger partial charge on any atom is 0.0840 e. The summed E-state index contributed by atoms with van der Waals surface area (Å²) in [5, 5.41) is 12.5. The molecular weight excluding hydrogens is 226 g/mol. The lowest BCUT2D eigenvalue weighted by Gasteiger charge is -2.16. The molecule has 1 atom stereocenters. The van der Waals surface area contributed by atoms with E-state index in [2.05, 4.69) is 42.4 Å². The summed E-state index contributed by atoms with van der Waals surface area (Å²) in [4.78, 5) is 0. The second kappa shape index (κ2) is 4.94. The summed E-state index contributed by atoms with van der Waals surface area (Å²) in [6.07, 6.45) is 1.97. The summed E-state index contributed by atoms with van der Waals surface area (Å²) in [5.41, 5.74) is 4.52. The van der Waals surface area contributed by atoms with E-state index in [-0.39, 0.29) is 6.04 Å². The molecule has 0 saturated heterocycles. The van der Waals surface area contributed by atoms with Gasteiger partial charge < -0.3 is 5.32 Å². The SMILES string of the molecule is CCNC(c1ccn(C)n1)c1c(C)nn(C)c1C. The second-order valence-electron chi connectivity index (χ2n) is 4.61. The highest BCUT2D eigenvalue weighted by atomic mass is 15.3. The lowest BCUT2D eigenvalue weighted by atomic mass is 10.0. The molecular formula is C13H21N5. The van der Waals surface area contributed by atoms with Gasteiger partial charge in [-0.05, 0) is 26.5 Å². The van der Waals surface area contributed by atoms with Gasteiger partial charge in [0.15, 0.2) is 0 Å². The molecule has 0 aliphatic carbocycles. The Morgan fingerprint density at radius 1 is 1.28 bits per heavy atom. The monoisotopic (exact) mass is 247 g/mol. The standard InChI is InChI=1S/C13H21N5/c1-6-14-13(11-7-8-17(4)16-11)12-9(2)15-18(5)10(12)3/h7-8,13-14H,6H2,1-5H3. The highest BCUT2D eigenvalue weighted by Crippen LogP contribution is 2.26. The van der Waals surface area contributed by atoms with Gasteiger partial charge in [0.05, 0.1) is 17.4 Å². The number of aromatic nitrogens is 4. The molecule has 2 aromatic heterocycles. The summed E-state index contributed by atoms with van der Waals surface area (Å²) in [6, 6.07) is 2.17. The smallest absolute Gasteiger partial charge is 0.0840 e. The summed E-state index contributed by atoms with van der Waals surface area (Å²) in [6.45, 7) is 7.16. The van der Waals surface area contributed by atoms with Crippen LogP contribution in [0, 0.1) is 13.8 Å². The molecule has 0 radical (unpaired) electrons. The van der Waals surface area contributed by atoms with Crippen molar-refractivity contribution >= 4 is 0 Å². The maximum absolute atomic E-state index is 4.51. The molecule has 0 amide bonds. The second-order valence-corrected chi connectivity index (χ2v) is 4.61. The first-order valence-electron chi connectivity index (χ1n) is 6.27. The minimum absolute atomic E-state index is 0.116. The minimum Gasteiger partial charge on any atom is -0.305 e. The molecule has 0 bridgehead atoms. The van der Waals surface area contributed by atoms with Crippen molar-refractivity contribution in [1.82, 2.24) is 24.9 Å². The Morgan fingerprint density at radius 2 is 2.00 bits per heavy atom. The molecule has 0 aliphatic heterocycles. The fraction of sp³-hybridized carbons (Fsp3) is 0.538. The Kier molecular flexibility index (Phi) is 3.52. The van der Waals surface area contributed by atoms with Gasteiger partial charge in [0.1, 0.15) is 0 Å². The third kappa shape index (κ3) is 2.18. The number of hydrogen-bond acceptors (Lipinski definition) is 3. The molecule has 98 valence electrons. The van der Waals surface area contributed by atoms with E-state index in [4.69, 9.17) is 0 Å². The predicted octanol–water partition coefficient (Wildman–Crippen LogP) is 1.47. The fourth-order valence-corrected chi connectivity index (χ4v) is 2.35. The Balaban J connectivity index is 2.47. The van der Waals surface area contributed by atoms with Crippen LogP contribution in [0.25, 0.3) is 0 Å². The van der Waals surface area contributed by atoms with Gasteiger partial charge in [-0.3, -0.25) is 9.36 Å². The van der Waals surface area contributed by atoms with E-state index in [1.165, 1.54) is 11.3 Å². The Hall–Kier alpha value is -1.62. The molecule has 0 aromatic carbocycles. The normalized spacial score (nSPS) is 12.9. The number of nitrogens with zero attached hydrogens (tertiary/aromatic N) is 4. The van der Waals surface area contributed by atoms with Crippen LogP contribution in [-0.4, -0.2) is 26.1 Å². The third-order valence-corrected chi connectivity index (χ3v) is 3.29. The molecule has 0 spiro atoms. The first kappa shape index (κ1) is 12.8. The zero-order chi connectivity index (χ0) is 13.3. The number of nitrogens with one attached hydrogen (secondary N) is 1. The third-order valence-electron chi connectivity index (χ3n) is 3.29. The molecule has 0 saturated carbocycles. The molecule has 1 unspecified atom stereocenters. The Bertz CT molecular complexity index is 538. The van der Waals surface area contributed by atoms with Crippen molar-refractivity contribution < 1.29 is 0 Å². The molecule has 0 aliphatic rings. The maximum atomic E-state index is 4.51. The summed E-state index contributed by atoms with van der Waals surface area (Å²) in [5.74, 6) is 0. The highest BCUT2D eigenvalue weighted by Gasteiger charge is 2.22. The van der Waals surface area contributed by atoms with Gasteiger partial charge in [-0.25, -0.2) is 0 Å². The van der Waals surface area contributed by atoms with E-state index < -0.39 is 0 Å². The first-order chi connectivity index (χ1) is 8.54. The zero-order valence-corrected chi connectivity index (χ0v) is 11.7. The van der Waals surface area contributed by atoms with E-state index in [0.717, 1.165) is 17.9 Å². The molecule has 5 heteroatoms. The predicted molar refractivity (Wildman–Crippen MR) is 71.4 cm³/mol. The fourth-order valence-electron chi connectivity index (χ4n) is 2.35. The van der Waals surface area contributed by atoms with Crippen molar-refractivity contribution in [3.05, 3.63) is 34.9 Å². The first-order valence-corrected chi connectivity index (χ1v) is 6.27. The molecule has 18 heavy (non-hydrogen) atoms. The van der Waals surface area contributed by atoms with E-state index in [1.54, 1.807) is 0 Å². The Morgan fingerprint density at radius 3 is 2.44 bits per heavy atom. The molecule has 5 nitrogen and oxygen atoms in total. The van der Waals surface area contributed by atoms with Gasteiger partial charge in [0, 0.05) is 31.5 Å². The van der Waals surface area contributed by atoms with Gasteiger partial charge in [-0.15, -0.1) is 0 Å². The molecule has 2 rings (SSSR count). The number of rotatable bonds is 4. The quantitative estimate of drug-likeness (QED) is 0.890. The summed E-state index contributed by atoms with van der Waals surface area (Å²) in [7, 11) is 3.92. The van der Waals surface area contributed by atoms with Crippen molar-refractivity contribution in [2.45, 2.75) is 26.8 Å². The lowest BCUT2D eigenvalue weighted by molar-refractivity contribution is 0.593. The molecule has 1 N–H and O–H groups in total. The van der Waals surface area contributed by atoms with Crippen LogP contribution in [-0.2, 0) is 14.1 Å². The molecule has 2 heterocycles. The molecule has 0 fully saturated rings. The van der Waals surface area contributed by atoms with Crippen LogP contribution in [0.15, 0.2) is 12.3 Å². The van der Waals surface area contributed by atoms with Crippen LogP contribution in [0.5, 0.6) is 0 Å². The van der Waals surface area contributed by atoms with Crippen molar-refractivity contribution in [2.24, 2.45) is 14.1 Å². The van der Waals surface area contributed by atoms with Crippen LogP contribution in [0.3, 0.4) is 0 Å². The van der Waals surface area contributed by atoms with E-state index >= 15 is 0 Å². The van der Waals surface area contributed by atoms with Crippen LogP contribution in [0.2, 0.25) is 0 Å². The van der Waals surface area contributed by atoms with Crippen LogP contribution in [0.4, 0.5) is 0 Å². The lowest BCUT2D eigenvalue weighted by Crippen LogP contribution is -2.23. The van der Waals surface area contributed by atoms with Gasteiger partial charge in [-0.2, -0.15) is 10.2 Å². The molecule has 2 aromatic rings. The van der Waals surface area contributed by atoms with Crippen LogP contribution < -0.4 is 5.32 Å². The van der Waals surface area contributed by atoms with Crippen LogP contribution >= 0.6 is 0 Å². The van der Waals surface area contributed by atoms with Crippen molar-refractivity contribution in [3.8, 4) is 0 Å².